The summed E-state index contributed by atoms with van der Waals surface area (Å²) in [6.07, 6.45) is 14.5. The van der Waals surface area contributed by atoms with E-state index in [0.29, 0.717) is 0 Å². The number of likely N-dealkylation sites (tertiary alicyclic amines) is 1. The smallest absolute Gasteiger partial charge is 0.485 e. The summed E-state index contributed by atoms with van der Waals surface area (Å²) < 4.78 is 60.4. The first-order valence-corrected chi connectivity index (χ1v) is 10.9. The maximum atomic E-state index is 10.7. The summed E-state index contributed by atoms with van der Waals surface area (Å²) >= 11 is 0. The van der Waals surface area contributed by atoms with Crippen LogP contribution in [0.25, 0.3) is 0 Å². The lowest BCUT2D eigenvalue weighted by atomic mass is 10.0. The Labute approximate surface area is 151 Å². The zero-order valence-corrected chi connectivity index (χ0v) is 16.4. The van der Waals surface area contributed by atoms with Crippen LogP contribution in [-0.2, 0) is 10.1 Å². The van der Waals surface area contributed by atoms with Crippen LogP contribution >= 0.6 is 0 Å². The average Bonchev–Trinajstić information content (AvgIpc) is 2.52. The molecule has 0 aromatic carbocycles. The molecule has 1 fully saturated rings. The van der Waals surface area contributed by atoms with Crippen LogP contribution < -0.4 is 0 Å². The molecule has 0 bridgehead atoms. The topological polar surface area (TPSA) is 57.2 Å². The number of halogens is 3. The van der Waals surface area contributed by atoms with Crippen molar-refractivity contribution in [3.05, 3.63) is 0 Å². The van der Waals surface area contributed by atoms with Gasteiger partial charge in [-0.15, -0.1) is 0 Å². The number of hydrogen-bond acceptors (Lipinski definition) is 3. The van der Waals surface area contributed by atoms with Gasteiger partial charge in [0.05, 0.1) is 26.2 Å². The highest BCUT2D eigenvalue weighted by Crippen LogP contribution is 2.22. The van der Waals surface area contributed by atoms with E-state index in [1.807, 2.05) is 0 Å². The molecule has 0 aromatic rings. The second-order valence-corrected chi connectivity index (χ2v) is 8.34. The Bertz CT molecular complexity index is 433. The van der Waals surface area contributed by atoms with Crippen molar-refractivity contribution in [1.82, 2.24) is 0 Å². The van der Waals surface area contributed by atoms with E-state index in [9.17, 15) is 13.2 Å². The van der Waals surface area contributed by atoms with Gasteiger partial charge in [-0.1, -0.05) is 39.5 Å². The fourth-order valence-corrected chi connectivity index (χ4v) is 3.29. The highest BCUT2D eigenvalue weighted by atomic mass is 32.2. The fraction of sp³-hybridized carbons (Fsp3) is 1.00. The minimum atomic E-state index is -6.09. The third kappa shape index (κ3) is 11.1. The average molecular weight is 390 g/mol. The van der Waals surface area contributed by atoms with Crippen LogP contribution in [0, 0.1) is 0 Å². The fourth-order valence-electron chi connectivity index (χ4n) is 3.29. The maximum Gasteiger partial charge on any atom is 0.485 e. The summed E-state index contributed by atoms with van der Waals surface area (Å²) in [6, 6.07) is 0. The van der Waals surface area contributed by atoms with Gasteiger partial charge in [-0.25, -0.2) is 8.42 Å². The van der Waals surface area contributed by atoms with Crippen molar-refractivity contribution in [1.29, 1.82) is 0 Å². The zero-order valence-electron chi connectivity index (χ0n) is 15.6. The lowest BCUT2D eigenvalue weighted by Gasteiger charge is -2.42. The quantitative estimate of drug-likeness (QED) is 0.246. The van der Waals surface area contributed by atoms with Crippen LogP contribution in [-0.4, -0.2) is 49.1 Å². The summed E-state index contributed by atoms with van der Waals surface area (Å²) in [6.45, 7) is 10.5. The van der Waals surface area contributed by atoms with Crippen LogP contribution in [0.15, 0.2) is 0 Å². The van der Waals surface area contributed by atoms with Gasteiger partial charge in [0.2, 0.25) is 0 Å². The molecule has 1 rings (SSSR count). The molecule has 0 N–H and O–H groups in total. The normalized spacial score (nSPS) is 17.7. The van der Waals surface area contributed by atoms with Crippen LogP contribution in [0.4, 0.5) is 13.2 Å². The van der Waals surface area contributed by atoms with Crippen LogP contribution in [0.1, 0.15) is 78.1 Å². The standard InChI is InChI=1S/C16H34N.CHF3O3S/c1-3-5-7-8-10-14-17(13-6-4-2)15-11-9-12-16-17;2-1(3,4)8(5,6)7/h3-16H2,1-2H3;(H,5,6,7)/q+1;/p-1. The maximum absolute atomic E-state index is 10.7. The predicted molar refractivity (Wildman–Crippen MR) is 93.0 cm³/mol. The molecule has 0 aromatic heterocycles. The molecule has 1 saturated heterocycles. The molecule has 0 saturated carbocycles. The summed E-state index contributed by atoms with van der Waals surface area (Å²) in [5.41, 5.74) is -5.65. The van der Waals surface area contributed by atoms with Crippen molar-refractivity contribution in [2.75, 3.05) is 26.2 Å². The Hall–Kier alpha value is -0.340. The minimum Gasteiger partial charge on any atom is -0.741 e. The first-order chi connectivity index (χ1) is 11.6. The van der Waals surface area contributed by atoms with Crippen molar-refractivity contribution in [2.45, 2.75) is 83.6 Å². The molecule has 0 spiro atoms. The first kappa shape index (κ1) is 24.7. The van der Waals surface area contributed by atoms with Crippen molar-refractivity contribution < 1.29 is 30.6 Å². The number of unbranched alkanes of at least 4 members (excludes halogenated alkanes) is 5. The molecule has 152 valence electrons. The van der Waals surface area contributed by atoms with E-state index in [1.165, 1.54) is 94.9 Å². The molecule has 4 nitrogen and oxygen atoms in total. The number of alkyl halides is 3. The van der Waals surface area contributed by atoms with E-state index in [2.05, 4.69) is 13.8 Å². The second kappa shape index (κ2) is 12.1. The lowest BCUT2D eigenvalue weighted by Crippen LogP contribution is -2.52. The summed E-state index contributed by atoms with van der Waals surface area (Å²) in [5.74, 6) is 0. The van der Waals surface area contributed by atoms with Gasteiger partial charge in [0, 0.05) is 0 Å². The van der Waals surface area contributed by atoms with E-state index in [1.54, 1.807) is 0 Å². The summed E-state index contributed by atoms with van der Waals surface area (Å²) in [4.78, 5) is 0. The monoisotopic (exact) mass is 389 g/mol. The SMILES string of the molecule is CCCCCCC[N+]1(CCCC)CCCCC1.O=S(=O)([O-])C(F)(F)F. The minimum absolute atomic E-state index is 1.37. The predicted octanol–water partition coefficient (Wildman–Crippen LogP) is 4.81. The number of hydrogen-bond donors (Lipinski definition) is 0. The van der Waals surface area contributed by atoms with E-state index < -0.39 is 15.6 Å². The number of quaternary nitrogens is 1. The van der Waals surface area contributed by atoms with Crippen LogP contribution in [0.2, 0.25) is 0 Å². The summed E-state index contributed by atoms with van der Waals surface area (Å²) in [5, 5.41) is 0. The van der Waals surface area contributed by atoms with Crippen LogP contribution in [0.5, 0.6) is 0 Å². The van der Waals surface area contributed by atoms with Gasteiger partial charge in [-0.05, 0) is 38.5 Å². The third-order valence-electron chi connectivity index (χ3n) is 4.77. The zero-order chi connectivity index (χ0) is 19.4. The molecule has 8 heteroatoms. The third-order valence-corrected chi connectivity index (χ3v) is 5.34. The Morgan fingerprint density at radius 2 is 1.28 bits per heavy atom. The first-order valence-electron chi connectivity index (χ1n) is 9.45. The van der Waals surface area contributed by atoms with Gasteiger partial charge < -0.3 is 9.04 Å². The van der Waals surface area contributed by atoms with Gasteiger partial charge in [-0.3, -0.25) is 0 Å². The van der Waals surface area contributed by atoms with E-state index in [0.717, 1.165) is 0 Å². The molecule has 0 radical (unpaired) electrons. The Morgan fingerprint density at radius 1 is 0.840 bits per heavy atom. The van der Waals surface area contributed by atoms with Gasteiger partial charge in [0.1, 0.15) is 0 Å². The van der Waals surface area contributed by atoms with E-state index in [-0.39, 0.29) is 0 Å². The van der Waals surface area contributed by atoms with Crippen molar-refractivity contribution in [3.8, 4) is 0 Å². The number of nitrogens with zero attached hydrogens (tertiary/aromatic N) is 1. The van der Waals surface area contributed by atoms with Gasteiger partial charge in [-0.2, -0.15) is 13.2 Å². The Morgan fingerprint density at radius 3 is 1.72 bits per heavy atom. The van der Waals surface area contributed by atoms with Crippen LogP contribution in [0.3, 0.4) is 0 Å². The van der Waals surface area contributed by atoms with Gasteiger partial charge in [0.25, 0.3) is 0 Å². The molecule has 1 aliphatic heterocycles. The molecule has 0 atom stereocenters. The van der Waals surface area contributed by atoms with Gasteiger partial charge >= 0.3 is 5.51 Å². The molecule has 25 heavy (non-hydrogen) atoms. The van der Waals surface area contributed by atoms with Gasteiger partial charge in [0.15, 0.2) is 10.1 Å². The molecule has 1 aliphatic rings. The number of rotatable bonds is 9. The highest BCUT2D eigenvalue weighted by molar-refractivity contribution is 7.86. The van der Waals surface area contributed by atoms with Crippen molar-refractivity contribution >= 4 is 10.1 Å². The van der Waals surface area contributed by atoms with Crippen molar-refractivity contribution in [2.24, 2.45) is 0 Å². The largest absolute Gasteiger partial charge is 0.741 e. The molecule has 0 aliphatic carbocycles. The lowest BCUT2D eigenvalue weighted by molar-refractivity contribution is -0.932. The highest BCUT2D eigenvalue weighted by Gasteiger charge is 2.36. The van der Waals surface area contributed by atoms with Crippen molar-refractivity contribution in [3.63, 3.8) is 0 Å². The van der Waals surface area contributed by atoms with E-state index in [4.69, 9.17) is 13.0 Å². The Kier molecular flexibility index (Phi) is 12.0. The molecule has 0 amide bonds. The molecular formula is C17H34F3NO3S. The number of piperidine rings is 1. The Balaban J connectivity index is 0.000000609. The molecule has 1 heterocycles. The van der Waals surface area contributed by atoms with E-state index >= 15 is 0 Å². The molecular weight excluding hydrogens is 355 g/mol. The second-order valence-electron chi connectivity index (χ2n) is 6.96. The molecule has 0 unspecified atom stereocenters. The summed E-state index contributed by atoms with van der Waals surface area (Å²) in [7, 11) is -6.09.